The Kier molecular flexibility index (Phi) is 4.39. The molecule has 0 saturated carbocycles. The number of hydrogen-bond donors (Lipinski definition) is 0. The molecule has 0 spiro atoms. The van der Waals surface area contributed by atoms with Crippen LogP contribution in [-0.2, 0) is 4.84 Å². The zero-order valence-electron chi connectivity index (χ0n) is 14.0. The third kappa shape index (κ3) is 3.17. The molecule has 1 aliphatic rings. The molecule has 1 fully saturated rings. The highest BCUT2D eigenvalue weighted by Crippen LogP contribution is 2.38. The smallest absolute Gasteiger partial charge is 0.174 e. The molecule has 4 heteroatoms. The van der Waals surface area contributed by atoms with Gasteiger partial charge in [-0.1, -0.05) is 54.6 Å². The third-order valence-electron chi connectivity index (χ3n) is 4.59. The molecule has 2 unspecified atom stereocenters. The molecule has 0 aromatic heterocycles. The van der Waals surface area contributed by atoms with Crippen LogP contribution in [0.5, 0.6) is 0 Å². The van der Waals surface area contributed by atoms with Gasteiger partial charge in [-0.15, -0.1) is 0 Å². The number of benzene rings is 3. The number of hydrogen-bond acceptors (Lipinski definition) is 3. The third-order valence-corrected chi connectivity index (χ3v) is 4.59. The van der Waals surface area contributed by atoms with E-state index < -0.39 is 6.10 Å². The van der Waals surface area contributed by atoms with Gasteiger partial charge in [-0.25, -0.2) is 9.45 Å². The molecule has 3 aromatic rings. The molecular weight excluding hydrogens is 327 g/mol. The van der Waals surface area contributed by atoms with Gasteiger partial charge in [0.2, 0.25) is 0 Å². The van der Waals surface area contributed by atoms with Gasteiger partial charge >= 0.3 is 0 Å². The van der Waals surface area contributed by atoms with E-state index in [4.69, 9.17) is 4.84 Å². The molecule has 1 heterocycles. The maximum atomic E-state index is 13.2. The highest BCUT2D eigenvalue weighted by Gasteiger charge is 2.35. The van der Waals surface area contributed by atoms with Crippen LogP contribution in [-0.4, -0.2) is 6.10 Å². The quantitative estimate of drug-likeness (QED) is 0.649. The summed E-state index contributed by atoms with van der Waals surface area (Å²) in [4.78, 5) is 5.77. The van der Waals surface area contributed by atoms with Gasteiger partial charge in [0, 0.05) is 6.42 Å². The zero-order valence-corrected chi connectivity index (χ0v) is 14.0. The molecule has 128 valence electrons. The Balaban J connectivity index is 1.64. The van der Waals surface area contributed by atoms with Crippen LogP contribution in [0.3, 0.4) is 0 Å². The summed E-state index contributed by atoms with van der Waals surface area (Å²) in [5.74, 6) is -0.298. The van der Waals surface area contributed by atoms with E-state index in [1.807, 2.05) is 18.2 Å². The summed E-state index contributed by atoms with van der Waals surface area (Å²) in [5.41, 5.74) is 4.10. The number of nitriles is 1. The second kappa shape index (κ2) is 6.99. The van der Waals surface area contributed by atoms with Gasteiger partial charge in [0.1, 0.15) is 5.82 Å². The maximum absolute atomic E-state index is 13.2. The molecule has 1 aliphatic heterocycles. The standard InChI is InChI=1S/C22H17FN2O/c23-19-10-12-20(13-11-19)25-22(14-21(15-24)26-25)18-8-6-17(7-9-18)16-4-2-1-3-5-16/h1-13,21-22H,14H2. The summed E-state index contributed by atoms with van der Waals surface area (Å²) >= 11 is 0. The van der Waals surface area contributed by atoms with Crippen molar-refractivity contribution < 1.29 is 9.23 Å². The first-order valence-electron chi connectivity index (χ1n) is 8.51. The van der Waals surface area contributed by atoms with Crippen LogP contribution in [0.25, 0.3) is 11.1 Å². The molecule has 3 nitrogen and oxygen atoms in total. The van der Waals surface area contributed by atoms with Crippen molar-refractivity contribution in [1.29, 1.82) is 5.26 Å². The first-order valence-corrected chi connectivity index (χ1v) is 8.51. The first-order chi connectivity index (χ1) is 12.7. The predicted molar refractivity (Wildman–Crippen MR) is 98.6 cm³/mol. The van der Waals surface area contributed by atoms with Gasteiger partial charge in [0.25, 0.3) is 0 Å². The van der Waals surface area contributed by atoms with Crippen LogP contribution in [0.1, 0.15) is 18.0 Å². The summed E-state index contributed by atoms with van der Waals surface area (Å²) in [5, 5.41) is 11.0. The van der Waals surface area contributed by atoms with E-state index in [9.17, 15) is 9.65 Å². The van der Waals surface area contributed by atoms with Crippen molar-refractivity contribution in [2.24, 2.45) is 0 Å². The molecule has 0 N–H and O–H groups in total. The highest BCUT2D eigenvalue weighted by molar-refractivity contribution is 5.63. The van der Waals surface area contributed by atoms with E-state index >= 15 is 0 Å². The molecule has 3 aromatic carbocycles. The minimum Gasteiger partial charge on any atom is -0.254 e. The highest BCUT2D eigenvalue weighted by atomic mass is 19.1. The topological polar surface area (TPSA) is 36.3 Å². The number of halogens is 1. The van der Waals surface area contributed by atoms with Gasteiger partial charge in [-0.05, 0) is 41.0 Å². The van der Waals surface area contributed by atoms with Crippen molar-refractivity contribution >= 4 is 5.69 Å². The lowest BCUT2D eigenvalue weighted by Gasteiger charge is -2.25. The Morgan fingerprint density at radius 3 is 2.19 bits per heavy atom. The van der Waals surface area contributed by atoms with Crippen molar-refractivity contribution in [3.05, 3.63) is 90.2 Å². The zero-order chi connectivity index (χ0) is 17.9. The van der Waals surface area contributed by atoms with Gasteiger partial charge in [-0.2, -0.15) is 5.26 Å². The van der Waals surface area contributed by atoms with Gasteiger partial charge < -0.3 is 0 Å². The summed E-state index contributed by atoms with van der Waals surface area (Å²) in [6, 6.07) is 26.7. The van der Waals surface area contributed by atoms with Crippen molar-refractivity contribution in [3.8, 4) is 17.2 Å². The monoisotopic (exact) mass is 344 g/mol. The number of nitrogens with zero attached hydrogens (tertiary/aromatic N) is 2. The second-order valence-electron chi connectivity index (χ2n) is 6.26. The fourth-order valence-electron chi connectivity index (χ4n) is 3.26. The van der Waals surface area contributed by atoms with Gasteiger partial charge in [-0.3, -0.25) is 4.84 Å². The van der Waals surface area contributed by atoms with E-state index in [1.165, 1.54) is 12.1 Å². The Hall–Kier alpha value is -3.16. The van der Waals surface area contributed by atoms with E-state index in [2.05, 4.69) is 42.5 Å². The molecular formula is C22H17FN2O. The van der Waals surface area contributed by atoms with Crippen molar-refractivity contribution in [3.63, 3.8) is 0 Å². The van der Waals surface area contributed by atoms with Crippen molar-refractivity contribution in [2.75, 3.05) is 5.06 Å². The summed E-state index contributed by atoms with van der Waals surface area (Å²) in [6.07, 6.45) is 0.0531. The average molecular weight is 344 g/mol. The predicted octanol–water partition coefficient (Wildman–Crippen LogP) is 5.27. The van der Waals surface area contributed by atoms with E-state index in [0.29, 0.717) is 6.42 Å². The van der Waals surface area contributed by atoms with Crippen LogP contribution >= 0.6 is 0 Å². The van der Waals surface area contributed by atoms with Gasteiger partial charge in [0.05, 0.1) is 17.8 Å². The van der Waals surface area contributed by atoms with Crippen molar-refractivity contribution in [2.45, 2.75) is 18.6 Å². The molecule has 0 amide bonds. The molecule has 2 atom stereocenters. The number of hydroxylamine groups is 1. The lowest BCUT2D eigenvalue weighted by Crippen LogP contribution is -2.21. The van der Waals surface area contributed by atoms with Crippen LogP contribution in [0, 0.1) is 17.1 Å². The minimum atomic E-state index is -0.515. The summed E-state index contributed by atoms with van der Waals surface area (Å²) in [6.45, 7) is 0. The van der Waals surface area contributed by atoms with Crippen LogP contribution < -0.4 is 5.06 Å². The summed E-state index contributed by atoms with van der Waals surface area (Å²) in [7, 11) is 0. The Morgan fingerprint density at radius 1 is 0.885 bits per heavy atom. The fourth-order valence-corrected chi connectivity index (χ4v) is 3.26. The molecule has 4 rings (SSSR count). The Labute approximate surface area is 151 Å². The Bertz CT molecular complexity index is 917. The van der Waals surface area contributed by atoms with E-state index in [-0.39, 0.29) is 11.9 Å². The fraction of sp³-hybridized carbons (Fsp3) is 0.136. The van der Waals surface area contributed by atoms with Crippen LogP contribution in [0.15, 0.2) is 78.9 Å². The van der Waals surface area contributed by atoms with Crippen LogP contribution in [0.2, 0.25) is 0 Å². The molecule has 0 aliphatic carbocycles. The molecule has 1 saturated heterocycles. The normalized spacial score (nSPS) is 19.3. The number of anilines is 1. The van der Waals surface area contributed by atoms with Crippen molar-refractivity contribution in [1.82, 2.24) is 0 Å². The summed E-state index contributed by atoms with van der Waals surface area (Å²) < 4.78 is 13.2. The average Bonchev–Trinajstić information content (AvgIpc) is 3.14. The lowest BCUT2D eigenvalue weighted by atomic mass is 9.98. The molecule has 26 heavy (non-hydrogen) atoms. The van der Waals surface area contributed by atoms with E-state index in [0.717, 1.165) is 22.4 Å². The lowest BCUT2D eigenvalue weighted by molar-refractivity contribution is 0.118. The second-order valence-corrected chi connectivity index (χ2v) is 6.26. The first kappa shape index (κ1) is 16.3. The Morgan fingerprint density at radius 2 is 1.54 bits per heavy atom. The SMILES string of the molecule is N#CC1CC(c2ccc(-c3ccccc3)cc2)N(c2ccc(F)cc2)O1. The van der Waals surface area contributed by atoms with E-state index in [1.54, 1.807) is 17.2 Å². The maximum Gasteiger partial charge on any atom is 0.174 e. The minimum absolute atomic E-state index is 0.0880. The van der Waals surface area contributed by atoms with Gasteiger partial charge in [0.15, 0.2) is 6.10 Å². The van der Waals surface area contributed by atoms with Crippen LogP contribution in [0.4, 0.5) is 10.1 Å². The molecule has 0 bridgehead atoms. The number of rotatable bonds is 3. The molecule has 0 radical (unpaired) electrons. The largest absolute Gasteiger partial charge is 0.254 e.